The molecule has 0 bridgehead atoms. The third-order valence-electron chi connectivity index (χ3n) is 4.05. The van der Waals surface area contributed by atoms with Crippen LogP contribution >= 0.6 is 11.8 Å². The van der Waals surface area contributed by atoms with Crippen LogP contribution < -0.4 is 9.64 Å². The molecule has 0 amide bonds. The van der Waals surface area contributed by atoms with Crippen LogP contribution in [0.1, 0.15) is 5.56 Å². The first kappa shape index (κ1) is 17.5. The Morgan fingerprint density at radius 3 is 2.60 bits per heavy atom. The van der Waals surface area contributed by atoms with Crippen LogP contribution in [0.3, 0.4) is 0 Å². The molecule has 0 saturated carbocycles. The number of hydrogen-bond donors (Lipinski definition) is 0. The SMILES string of the molecule is COc1cc(CN(C)c2ccnc3c(F)ccc(F)c23)ccc1SC. The van der Waals surface area contributed by atoms with E-state index in [2.05, 4.69) is 4.98 Å². The summed E-state index contributed by atoms with van der Waals surface area (Å²) in [6.45, 7) is 0.528. The largest absolute Gasteiger partial charge is 0.496 e. The van der Waals surface area contributed by atoms with Crippen molar-refractivity contribution in [2.75, 3.05) is 25.3 Å². The molecule has 3 rings (SSSR count). The van der Waals surface area contributed by atoms with Crippen molar-refractivity contribution < 1.29 is 13.5 Å². The number of rotatable bonds is 5. The monoisotopic (exact) mass is 360 g/mol. The van der Waals surface area contributed by atoms with Gasteiger partial charge in [-0.1, -0.05) is 6.07 Å². The van der Waals surface area contributed by atoms with Crippen molar-refractivity contribution in [3.63, 3.8) is 0 Å². The van der Waals surface area contributed by atoms with Gasteiger partial charge in [-0.3, -0.25) is 4.98 Å². The van der Waals surface area contributed by atoms with Gasteiger partial charge in [0.1, 0.15) is 22.9 Å². The minimum absolute atomic E-state index is 0.0414. The lowest BCUT2D eigenvalue weighted by Crippen LogP contribution is -2.17. The number of halogens is 2. The van der Waals surface area contributed by atoms with E-state index in [9.17, 15) is 8.78 Å². The summed E-state index contributed by atoms with van der Waals surface area (Å²) in [5, 5.41) is 0.192. The number of hydrogen-bond acceptors (Lipinski definition) is 4. The highest BCUT2D eigenvalue weighted by Crippen LogP contribution is 2.32. The van der Waals surface area contributed by atoms with Crippen LogP contribution in [-0.4, -0.2) is 25.4 Å². The fraction of sp³-hybridized carbons (Fsp3) is 0.211. The minimum atomic E-state index is -0.530. The maximum atomic E-state index is 14.3. The molecular weight excluding hydrogens is 342 g/mol. The molecule has 6 heteroatoms. The molecule has 0 saturated heterocycles. The zero-order valence-corrected chi connectivity index (χ0v) is 15.0. The van der Waals surface area contributed by atoms with Gasteiger partial charge in [-0.25, -0.2) is 8.78 Å². The van der Waals surface area contributed by atoms with Gasteiger partial charge in [-0.2, -0.15) is 0 Å². The van der Waals surface area contributed by atoms with Crippen molar-refractivity contribution in [3.05, 3.63) is 59.8 Å². The first-order chi connectivity index (χ1) is 12.0. The lowest BCUT2D eigenvalue weighted by atomic mass is 10.1. The maximum absolute atomic E-state index is 14.3. The summed E-state index contributed by atoms with van der Waals surface area (Å²) in [6.07, 6.45) is 3.48. The molecular formula is C19H18F2N2OS. The van der Waals surface area contributed by atoms with E-state index in [1.54, 1.807) is 24.9 Å². The van der Waals surface area contributed by atoms with Crippen LogP contribution in [0, 0.1) is 11.6 Å². The first-order valence-electron chi connectivity index (χ1n) is 7.70. The summed E-state index contributed by atoms with van der Waals surface area (Å²) < 4.78 is 33.6. The molecule has 0 atom stereocenters. The number of anilines is 1. The lowest BCUT2D eigenvalue weighted by Gasteiger charge is -2.22. The fourth-order valence-electron chi connectivity index (χ4n) is 2.83. The molecule has 2 aromatic carbocycles. The summed E-state index contributed by atoms with van der Waals surface area (Å²) in [6, 6.07) is 9.89. The van der Waals surface area contributed by atoms with Crippen LogP contribution in [0.15, 0.2) is 47.5 Å². The van der Waals surface area contributed by atoms with E-state index in [1.165, 1.54) is 6.20 Å². The summed E-state index contributed by atoms with van der Waals surface area (Å²) in [7, 11) is 3.48. The van der Waals surface area contributed by atoms with Crippen LogP contribution in [0.4, 0.5) is 14.5 Å². The minimum Gasteiger partial charge on any atom is -0.496 e. The summed E-state index contributed by atoms with van der Waals surface area (Å²) in [4.78, 5) is 6.90. The van der Waals surface area contributed by atoms with E-state index in [0.717, 1.165) is 28.3 Å². The normalized spacial score (nSPS) is 10.9. The summed E-state index contributed by atoms with van der Waals surface area (Å²) in [5.41, 5.74) is 1.65. The lowest BCUT2D eigenvalue weighted by molar-refractivity contribution is 0.404. The number of methoxy groups -OCH3 is 1. The molecule has 0 spiro atoms. The number of pyridine rings is 1. The smallest absolute Gasteiger partial charge is 0.149 e. The molecule has 1 aromatic heterocycles. The molecule has 130 valence electrons. The van der Waals surface area contributed by atoms with E-state index in [0.29, 0.717) is 12.2 Å². The molecule has 0 radical (unpaired) electrons. The highest BCUT2D eigenvalue weighted by Gasteiger charge is 2.15. The molecule has 0 N–H and O–H groups in total. The topological polar surface area (TPSA) is 25.4 Å². The third kappa shape index (κ3) is 3.39. The molecule has 0 aliphatic rings. The summed E-state index contributed by atoms with van der Waals surface area (Å²) in [5.74, 6) is -0.213. The number of aromatic nitrogens is 1. The second-order valence-corrected chi connectivity index (χ2v) is 6.48. The van der Waals surface area contributed by atoms with Gasteiger partial charge in [0.15, 0.2) is 0 Å². The molecule has 3 nitrogen and oxygen atoms in total. The van der Waals surface area contributed by atoms with Crippen LogP contribution in [-0.2, 0) is 6.54 Å². The maximum Gasteiger partial charge on any atom is 0.149 e. The van der Waals surface area contributed by atoms with E-state index >= 15 is 0 Å². The highest BCUT2D eigenvalue weighted by atomic mass is 32.2. The van der Waals surface area contributed by atoms with Gasteiger partial charge in [0.2, 0.25) is 0 Å². The van der Waals surface area contributed by atoms with Crippen molar-refractivity contribution >= 4 is 28.4 Å². The number of ether oxygens (including phenoxy) is 1. The zero-order valence-electron chi connectivity index (χ0n) is 14.2. The molecule has 0 fully saturated rings. The first-order valence-corrected chi connectivity index (χ1v) is 8.92. The van der Waals surface area contributed by atoms with Crippen molar-refractivity contribution in [1.82, 2.24) is 4.98 Å². The highest BCUT2D eigenvalue weighted by molar-refractivity contribution is 7.98. The second-order valence-electron chi connectivity index (χ2n) is 5.63. The Kier molecular flexibility index (Phi) is 5.08. The van der Waals surface area contributed by atoms with Crippen molar-refractivity contribution in [1.29, 1.82) is 0 Å². The Morgan fingerprint density at radius 2 is 1.88 bits per heavy atom. The zero-order chi connectivity index (χ0) is 18.0. The van der Waals surface area contributed by atoms with E-state index < -0.39 is 11.6 Å². The third-order valence-corrected chi connectivity index (χ3v) is 4.83. The van der Waals surface area contributed by atoms with Crippen LogP contribution in [0.2, 0.25) is 0 Å². The standard InChI is InChI=1S/C19H18F2N2OS/c1-23(11-12-4-7-17(25-3)16(10-12)24-2)15-8-9-22-19-14(21)6-5-13(20)18(15)19/h4-10H,11H2,1-3H3. The van der Waals surface area contributed by atoms with Gasteiger partial charge in [0.05, 0.1) is 18.2 Å². The molecule has 1 heterocycles. The van der Waals surface area contributed by atoms with E-state index in [1.807, 2.05) is 36.4 Å². The molecule has 0 aliphatic heterocycles. The quantitative estimate of drug-likeness (QED) is 0.606. The Morgan fingerprint density at radius 1 is 1.12 bits per heavy atom. The van der Waals surface area contributed by atoms with Gasteiger partial charge in [0, 0.05) is 24.7 Å². The average Bonchev–Trinajstić information content (AvgIpc) is 2.64. The number of thioether (sulfide) groups is 1. The molecule has 25 heavy (non-hydrogen) atoms. The van der Waals surface area contributed by atoms with Crippen LogP contribution in [0.25, 0.3) is 10.9 Å². The molecule has 0 unspecified atom stereocenters. The van der Waals surface area contributed by atoms with Gasteiger partial charge in [0.25, 0.3) is 0 Å². The fourth-order valence-corrected chi connectivity index (χ4v) is 3.38. The predicted molar refractivity (Wildman–Crippen MR) is 98.5 cm³/mol. The Balaban J connectivity index is 1.98. The van der Waals surface area contributed by atoms with Crippen molar-refractivity contribution in [3.8, 4) is 5.75 Å². The Hall–Kier alpha value is -2.34. The molecule has 0 aliphatic carbocycles. The van der Waals surface area contributed by atoms with Crippen molar-refractivity contribution in [2.45, 2.75) is 11.4 Å². The van der Waals surface area contributed by atoms with E-state index in [-0.39, 0.29) is 10.9 Å². The van der Waals surface area contributed by atoms with Gasteiger partial charge in [-0.15, -0.1) is 11.8 Å². The van der Waals surface area contributed by atoms with E-state index in [4.69, 9.17) is 4.74 Å². The van der Waals surface area contributed by atoms with Gasteiger partial charge in [-0.05, 0) is 42.2 Å². The Labute approximate surface area is 149 Å². The Bertz CT molecular complexity index is 917. The summed E-state index contributed by atoms with van der Waals surface area (Å²) >= 11 is 1.61. The number of benzene rings is 2. The van der Waals surface area contributed by atoms with Gasteiger partial charge >= 0.3 is 0 Å². The van der Waals surface area contributed by atoms with Crippen LogP contribution in [0.5, 0.6) is 5.75 Å². The molecule has 3 aromatic rings. The number of nitrogens with zero attached hydrogens (tertiary/aromatic N) is 2. The predicted octanol–water partition coefficient (Wildman–Crippen LogP) is 4.88. The van der Waals surface area contributed by atoms with Gasteiger partial charge < -0.3 is 9.64 Å². The second kappa shape index (κ2) is 7.27. The van der Waals surface area contributed by atoms with Crippen molar-refractivity contribution in [2.24, 2.45) is 0 Å². The average molecular weight is 360 g/mol. The number of fused-ring (bicyclic) bond motifs is 1.